The van der Waals surface area contributed by atoms with Gasteiger partial charge in [-0.15, -0.1) is 0 Å². The Morgan fingerprint density at radius 2 is 1.96 bits per heavy atom. The first-order valence-electron chi connectivity index (χ1n) is 6.77. The van der Waals surface area contributed by atoms with Gasteiger partial charge in [0.2, 0.25) is 5.90 Å². The first kappa shape index (κ1) is 17.6. The largest absolute Gasteiger partial charge is 0.402 e. The summed E-state index contributed by atoms with van der Waals surface area (Å²) in [6.07, 6.45) is 1.40. The molecule has 0 radical (unpaired) electrons. The van der Waals surface area contributed by atoms with Gasteiger partial charge in [0.25, 0.3) is 5.69 Å². The molecule has 0 amide bonds. The second-order valence-corrected chi connectivity index (χ2v) is 6.63. The second kappa shape index (κ2) is 6.95. The third kappa shape index (κ3) is 3.73. The number of carbonyl (C=O) groups excluding carboxylic acids is 1. The number of aliphatic imine (C=N–C) groups is 1. The molecule has 1 heterocycles. The SMILES string of the molecule is O=C1OC(c2cc(Cl)ccc2Cl)=N/C1=C\c1ccc(Br)c([N+](=O)[O-])c1. The molecule has 1 aliphatic heterocycles. The van der Waals surface area contributed by atoms with Crippen LogP contribution in [0.5, 0.6) is 0 Å². The molecule has 0 aliphatic carbocycles. The van der Waals surface area contributed by atoms with E-state index in [-0.39, 0.29) is 17.3 Å². The summed E-state index contributed by atoms with van der Waals surface area (Å²) in [5.74, 6) is -0.660. The lowest BCUT2D eigenvalue weighted by molar-refractivity contribution is -0.385. The molecule has 2 aromatic rings. The minimum Gasteiger partial charge on any atom is -0.402 e. The Morgan fingerprint density at radius 3 is 2.68 bits per heavy atom. The van der Waals surface area contributed by atoms with Gasteiger partial charge >= 0.3 is 5.97 Å². The standard InChI is InChI=1S/C16H7BrCl2N2O4/c17-11-3-1-8(6-14(11)21(23)24)5-13-16(22)25-15(20-13)10-7-9(18)2-4-12(10)19/h1-7H/b13-5-. The van der Waals surface area contributed by atoms with E-state index < -0.39 is 10.9 Å². The van der Waals surface area contributed by atoms with Crippen LogP contribution in [0.25, 0.3) is 6.08 Å². The Hall–Kier alpha value is -2.22. The van der Waals surface area contributed by atoms with Crippen molar-refractivity contribution in [3.8, 4) is 0 Å². The van der Waals surface area contributed by atoms with Gasteiger partial charge in [0.1, 0.15) is 0 Å². The molecule has 0 bridgehead atoms. The number of benzene rings is 2. The van der Waals surface area contributed by atoms with Crippen LogP contribution in [0.4, 0.5) is 5.69 Å². The minimum atomic E-state index is -0.684. The number of nitro benzene ring substituents is 1. The predicted octanol–water partition coefficient (Wildman–Crippen LogP) is 5.01. The van der Waals surface area contributed by atoms with Gasteiger partial charge in [-0.1, -0.05) is 29.3 Å². The number of nitrogens with zero attached hydrogens (tertiary/aromatic N) is 2. The number of esters is 1. The monoisotopic (exact) mass is 440 g/mol. The highest BCUT2D eigenvalue weighted by molar-refractivity contribution is 9.10. The molecule has 9 heteroatoms. The first-order chi connectivity index (χ1) is 11.8. The summed E-state index contributed by atoms with van der Waals surface area (Å²) in [6.45, 7) is 0. The lowest BCUT2D eigenvalue weighted by Crippen LogP contribution is -2.06. The summed E-state index contributed by atoms with van der Waals surface area (Å²) in [5.41, 5.74) is 0.696. The summed E-state index contributed by atoms with van der Waals surface area (Å²) >= 11 is 15.1. The maximum atomic E-state index is 12.0. The number of rotatable bonds is 3. The molecule has 0 unspecified atom stereocenters. The van der Waals surface area contributed by atoms with Crippen molar-refractivity contribution in [1.29, 1.82) is 0 Å². The summed E-state index contributed by atoms with van der Waals surface area (Å²) < 4.78 is 5.46. The highest BCUT2D eigenvalue weighted by atomic mass is 79.9. The topological polar surface area (TPSA) is 81.8 Å². The van der Waals surface area contributed by atoms with E-state index in [4.69, 9.17) is 27.9 Å². The number of ether oxygens (including phenoxy) is 1. The number of hydrogen-bond acceptors (Lipinski definition) is 5. The molecule has 0 N–H and O–H groups in total. The fourth-order valence-corrected chi connectivity index (χ4v) is 2.86. The molecule has 2 aromatic carbocycles. The zero-order chi connectivity index (χ0) is 18.1. The average Bonchev–Trinajstić information content (AvgIpc) is 2.92. The molecule has 0 aromatic heterocycles. The maximum absolute atomic E-state index is 12.0. The zero-order valence-corrected chi connectivity index (χ0v) is 15.3. The van der Waals surface area contributed by atoms with Crippen molar-refractivity contribution >= 4 is 62.8 Å². The van der Waals surface area contributed by atoms with Crippen LogP contribution < -0.4 is 0 Å². The van der Waals surface area contributed by atoms with Crippen LogP contribution in [-0.4, -0.2) is 16.8 Å². The molecule has 1 aliphatic rings. The van der Waals surface area contributed by atoms with Crippen molar-refractivity contribution in [3.63, 3.8) is 0 Å². The van der Waals surface area contributed by atoms with Gasteiger partial charge in [0.05, 0.1) is 20.0 Å². The minimum absolute atomic E-state index is 0.00247. The fraction of sp³-hybridized carbons (Fsp3) is 0. The molecule has 0 spiro atoms. The molecule has 0 atom stereocenters. The maximum Gasteiger partial charge on any atom is 0.363 e. The van der Waals surface area contributed by atoms with E-state index in [2.05, 4.69) is 20.9 Å². The molecular weight excluding hydrogens is 435 g/mol. The number of carbonyl (C=O) groups is 1. The van der Waals surface area contributed by atoms with Gasteiger partial charge in [0, 0.05) is 11.1 Å². The first-order valence-corrected chi connectivity index (χ1v) is 8.32. The van der Waals surface area contributed by atoms with E-state index in [1.165, 1.54) is 24.3 Å². The number of cyclic esters (lactones) is 1. The molecule has 0 saturated carbocycles. The fourth-order valence-electron chi connectivity index (χ4n) is 2.10. The van der Waals surface area contributed by atoms with E-state index in [0.29, 0.717) is 25.6 Å². The highest BCUT2D eigenvalue weighted by Gasteiger charge is 2.26. The Kier molecular flexibility index (Phi) is 4.89. The van der Waals surface area contributed by atoms with Crippen LogP contribution in [0, 0.1) is 10.1 Å². The molecule has 25 heavy (non-hydrogen) atoms. The van der Waals surface area contributed by atoms with Crippen molar-refractivity contribution in [2.75, 3.05) is 0 Å². The zero-order valence-electron chi connectivity index (χ0n) is 12.2. The van der Waals surface area contributed by atoms with Gasteiger partial charge < -0.3 is 4.74 Å². The number of halogens is 3. The smallest absolute Gasteiger partial charge is 0.363 e. The quantitative estimate of drug-likeness (QED) is 0.290. The molecule has 0 fully saturated rings. The number of hydrogen-bond donors (Lipinski definition) is 0. The van der Waals surface area contributed by atoms with E-state index in [1.807, 2.05) is 0 Å². The summed E-state index contributed by atoms with van der Waals surface area (Å²) in [5, 5.41) is 11.7. The van der Waals surface area contributed by atoms with Gasteiger partial charge in [-0.3, -0.25) is 10.1 Å². The summed E-state index contributed by atoms with van der Waals surface area (Å²) in [6, 6.07) is 9.14. The van der Waals surface area contributed by atoms with Crippen molar-refractivity contribution < 1.29 is 14.5 Å². The lowest BCUT2D eigenvalue weighted by Gasteiger charge is -2.02. The van der Waals surface area contributed by atoms with Crippen molar-refractivity contribution in [2.45, 2.75) is 0 Å². The van der Waals surface area contributed by atoms with Crippen LogP contribution in [0.3, 0.4) is 0 Å². The van der Waals surface area contributed by atoms with Gasteiger partial charge in [-0.2, -0.15) is 0 Å². The normalized spacial score (nSPS) is 15.2. The summed E-state index contributed by atoms with van der Waals surface area (Å²) in [7, 11) is 0. The average molecular weight is 442 g/mol. The molecular formula is C16H7BrCl2N2O4. The van der Waals surface area contributed by atoms with Crippen molar-refractivity contribution in [2.24, 2.45) is 4.99 Å². The van der Waals surface area contributed by atoms with Crippen LogP contribution in [0.15, 0.2) is 51.6 Å². The third-order valence-corrected chi connectivity index (χ3v) is 4.48. The Bertz CT molecular complexity index is 973. The van der Waals surface area contributed by atoms with Gasteiger partial charge in [0.15, 0.2) is 5.70 Å². The van der Waals surface area contributed by atoms with Crippen LogP contribution in [-0.2, 0) is 9.53 Å². The van der Waals surface area contributed by atoms with Gasteiger partial charge in [-0.05, 0) is 51.8 Å². The van der Waals surface area contributed by atoms with Crippen LogP contribution >= 0.6 is 39.1 Å². The third-order valence-electron chi connectivity index (χ3n) is 3.25. The van der Waals surface area contributed by atoms with Crippen molar-refractivity contribution in [3.05, 3.63) is 77.9 Å². The Labute approximate surface area is 160 Å². The highest BCUT2D eigenvalue weighted by Crippen LogP contribution is 2.29. The molecule has 6 nitrogen and oxygen atoms in total. The van der Waals surface area contributed by atoms with Crippen LogP contribution in [0.2, 0.25) is 10.0 Å². The van der Waals surface area contributed by atoms with E-state index in [9.17, 15) is 14.9 Å². The summed E-state index contributed by atoms with van der Waals surface area (Å²) in [4.78, 5) is 26.6. The van der Waals surface area contributed by atoms with E-state index in [0.717, 1.165) is 0 Å². The number of nitro groups is 1. The Morgan fingerprint density at radius 1 is 1.20 bits per heavy atom. The molecule has 0 saturated heterocycles. The lowest BCUT2D eigenvalue weighted by atomic mass is 10.1. The van der Waals surface area contributed by atoms with Crippen LogP contribution in [0.1, 0.15) is 11.1 Å². The van der Waals surface area contributed by atoms with Gasteiger partial charge in [-0.25, -0.2) is 9.79 Å². The second-order valence-electron chi connectivity index (χ2n) is 4.93. The van der Waals surface area contributed by atoms with Crippen molar-refractivity contribution in [1.82, 2.24) is 0 Å². The Balaban J connectivity index is 2.00. The molecule has 126 valence electrons. The molecule has 3 rings (SSSR count). The predicted molar refractivity (Wildman–Crippen MR) is 97.9 cm³/mol. The van der Waals surface area contributed by atoms with E-state index >= 15 is 0 Å². The van der Waals surface area contributed by atoms with E-state index in [1.54, 1.807) is 18.2 Å².